The summed E-state index contributed by atoms with van der Waals surface area (Å²) in [5.74, 6) is -0.859. The van der Waals surface area contributed by atoms with E-state index in [1.54, 1.807) is 0 Å². The van der Waals surface area contributed by atoms with E-state index in [1.165, 1.54) is 19.2 Å². The van der Waals surface area contributed by atoms with Crippen LogP contribution in [0, 0.1) is 0 Å². The Hall–Kier alpha value is -1.33. The maximum absolute atomic E-state index is 11.5. The predicted octanol–water partition coefficient (Wildman–Crippen LogP) is 0.864. The maximum Gasteiger partial charge on any atom is 0.271 e. The van der Waals surface area contributed by atoms with Crippen molar-refractivity contribution in [2.45, 2.75) is 0 Å². The first-order chi connectivity index (χ1) is 7.54. The van der Waals surface area contributed by atoms with Crippen LogP contribution in [0.2, 0.25) is 10.2 Å². The minimum Gasteiger partial charge on any atom is -0.358 e. The number of carbonyl (C=O) groups is 2. The smallest absolute Gasteiger partial charge is 0.271 e. The van der Waals surface area contributed by atoms with E-state index in [4.69, 9.17) is 23.2 Å². The summed E-state index contributed by atoms with van der Waals surface area (Å²) in [6.45, 7) is -0.139. The molecule has 2 N–H and O–H groups in total. The van der Waals surface area contributed by atoms with Gasteiger partial charge >= 0.3 is 0 Å². The molecule has 0 spiro atoms. The maximum atomic E-state index is 11.5. The molecule has 0 saturated carbocycles. The third kappa shape index (κ3) is 3.36. The SMILES string of the molecule is CNC(=O)CNC(=O)c1nc(Cl)ccc1Cl. The van der Waals surface area contributed by atoms with Crippen molar-refractivity contribution in [1.82, 2.24) is 15.6 Å². The molecule has 1 rings (SSSR count). The molecule has 1 aromatic rings. The van der Waals surface area contributed by atoms with Crippen LogP contribution in [0.4, 0.5) is 0 Å². The van der Waals surface area contributed by atoms with Gasteiger partial charge in [-0.1, -0.05) is 23.2 Å². The lowest BCUT2D eigenvalue weighted by atomic mass is 10.3. The number of amides is 2. The van der Waals surface area contributed by atoms with Crippen molar-refractivity contribution in [2.75, 3.05) is 13.6 Å². The van der Waals surface area contributed by atoms with Crippen molar-refractivity contribution in [2.24, 2.45) is 0 Å². The van der Waals surface area contributed by atoms with Crippen LogP contribution < -0.4 is 10.6 Å². The number of hydrogen-bond donors (Lipinski definition) is 2. The van der Waals surface area contributed by atoms with Gasteiger partial charge in [0.05, 0.1) is 11.6 Å². The van der Waals surface area contributed by atoms with Crippen molar-refractivity contribution in [3.05, 3.63) is 28.0 Å². The van der Waals surface area contributed by atoms with Crippen LogP contribution in [-0.4, -0.2) is 30.4 Å². The van der Waals surface area contributed by atoms with Gasteiger partial charge in [-0.3, -0.25) is 9.59 Å². The lowest BCUT2D eigenvalue weighted by molar-refractivity contribution is -0.119. The summed E-state index contributed by atoms with van der Waals surface area (Å²) in [5, 5.41) is 5.07. The van der Waals surface area contributed by atoms with Gasteiger partial charge in [-0.2, -0.15) is 0 Å². The minimum atomic E-state index is -0.545. The second kappa shape index (κ2) is 5.67. The van der Waals surface area contributed by atoms with E-state index in [1.807, 2.05) is 0 Å². The summed E-state index contributed by atoms with van der Waals surface area (Å²) in [6, 6.07) is 2.94. The van der Waals surface area contributed by atoms with Crippen LogP contribution in [0.15, 0.2) is 12.1 Å². The van der Waals surface area contributed by atoms with Crippen LogP contribution in [0.5, 0.6) is 0 Å². The molecule has 86 valence electrons. The molecule has 0 aliphatic carbocycles. The van der Waals surface area contributed by atoms with Gasteiger partial charge in [0.15, 0.2) is 0 Å². The highest BCUT2D eigenvalue weighted by Gasteiger charge is 2.13. The third-order valence-corrected chi connectivity index (χ3v) is 2.23. The second-order valence-electron chi connectivity index (χ2n) is 2.82. The van der Waals surface area contributed by atoms with Gasteiger partial charge in [-0.15, -0.1) is 0 Å². The first kappa shape index (κ1) is 12.7. The second-order valence-corrected chi connectivity index (χ2v) is 3.61. The molecule has 1 heterocycles. The van der Waals surface area contributed by atoms with Gasteiger partial charge in [0.2, 0.25) is 5.91 Å². The van der Waals surface area contributed by atoms with Crippen molar-refractivity contribution in [1.29, 1.82) is 0 Å². The molecule has 0 aliphatic heterocycles. The molecule has 0 aromatic carbocycles. The average Bonchev–Trinajstić information content (AvgIpc) is 2.28. The number of halogens is 2. The zero-order valence-corrected chi connectivity index (χ0v) is 9.89. The molecule has 0 saturated heterocycles. The largest absolute Gasteiger partial charge is 0.358 e. The van der Waals surface area contributed by atoms with Gasteiger partial charge in [0, 0.05) is 7.05 Å². The topological polar surface area (TPSA) is 71.1 Å². The molecular weight excluding hydrogens is 253 g/mol. The fourth-order valence-corrected chi connectivity index (χ4v) is 1.25. The van der Waals surface area contributed by atoms with Gasteiger partial charge in [-0.05, 0) is 12.1 Å². The van der Waals surface area contributed by atoms with Gasteiger partial charge < -0.3 is 10.6 Å². The Morgan fingerprint density at radius 1 is 1.38 bits per heavy atom. The van der Waals surface area contributed by atoms with Gasteiger partial charge in [-0.25, -0.2) is 4.98 Å². The van der Waals surface area contributed by atoms with Crippen molar-refractivity contribution >= 4 is 35.0 Å². The number of carbonyl (C=O) groups excluding carboxylic acids is 2. The molecule has 0 radical (unpaired) electrons. The van der Waals surface area contributed by atoms with Gasteiger partial charge in [0.25, 0.3) is 5.91 Å². The summed E-state index contributed by atoms with van der Waals surface area (Å²) in [7, 11) is 1.47. The number of pyridine rings is 1. The van der Waals surface area contributed by atoms with E-state index in [0.29, 0.717) is 0 Å². The van der Waals surface area contributed by atoms with Crippen LogP contribution in [0.3, 0.4) is 0 Å². The molecule has 0 fully saturated rings. The minimum absolute atomic E-state index is 0.00179. The molecule has 0 bridgehead atoms. The monoisotopic (exact) mass is 261 g/mol. The molecule has 2 amide bonds. The highest BCUT2D eigenvalue weighted by atomic mass is 35.5. The van der Waals surface area contributed by atoms with E-state index < -0.39 is 5.91 Å². The average molecular weight is 262 g/mol. The highest BCUT2D eigenvalue weighted by Crippen LogP contribution is 2.16. The van der Waals surface area contributed by atoms with E-state index >= 15 is 0 Å². The van der Waals surface area contributed by atoms with Crippen molar-refractivity contribution < 1.29 is 9.59 Å². The Kier molecular flexibility index (Phi) is 4.52. The molecule has 16 heavy (non-hydrogen) atoms. The summed E-state index contributed by atoms with van der Waals surface area (Å²) >= 11 is 11.4. The first-order valence-electron chi connectivity index (χ1n) is 4.35. The lowest BCUT2D eigenvalue weighted by Gasteiger charge is -2.05. The van der Waals surface area contributed by atoms with E-state index in [9.17, 15) is 9.59 Å². The Balaban J connectivity index is 2.73. The summed E-state index contributed by atoms with van der Waals surface area (Å²) < 4.78 is 0. The third-order valence-electron chi connectivity index (χ3n) is 1.72. The molecule has 0 aliphatic rings. The Morgan fingerprint density at radius 2 is 2.06 bits per heavy atom. The highest BCUT2D eigenvalue weighted by molar-refractivity contribution is 6.34. The molecule has 0 unspecified atom stereocenters. The standard InChI is InChI=1S/C9H9Cl2N3O2/c1-12-7(15)4-13-9(16)8-5(10)2-3-6(11)14-8/h2-3H,4H2,1H3,(H,12,15)(H,13,16). The molecule has 7 heteroatoms. The normalized spacial score (nSPS) is 9.69. The van der Waals surface area contributed by atoms with E-state index in [2.05, 4.69) is 15.6 Å². The lowest BCUT2D eigenvalue weighted by Crippen LogP contribution is -2.35. The number of rotatable bonds is 3. The molecule has 0 atom stereocenters. The Bertz CT molecular complexity index is 423. The first-order valence-corrected chi connectivity index (χ1v) is 5.11. The van der Waals surface area contributed by atoms with Crippen molar-refractivity contribution in [3.63, 3.8) is 0 Å². The number of hydrogen-bond acceptors (Lipinski definition) is 3. The summed E-state index contributed by atoms with van der Waals surface area (Å²) in [6.07, 6.45) is 0. The van der Waals surface area contributed by atoms with Crippen LogP contribution in [0.25, 0.3) is 0 Å². The van der Waals surface area contributed by atoms with Crippen molar-refractivity contribution in [3.8, 4) is 0 Å². The molecular formula is C9H9Cl2N3O2. The number of likely N-dealkylation sites (N-methyl/N-ethyl adjacent to an activating group) is 1. The molecule has 5 nitrogen and oxygen atoms in total. The Labute approximate surface area is 102 Å². The fourth-order valence-electron chi connectivity index (χ4n) is 0.910. The van der Waals surface area contributed by atoms with Crippen LogP contribution in [0.1, 0.15) is 10.5 Å². The quantitative estimate of drug-likeness (QED) is 0.794. The van der Waals surface area contributed by atoms with Gasteiger partial charge in [0.1, 0.15) is 10.8 Å². The van der Waals surface area contributed by atoms with E-state index in [-0.39, 0.29) is 28.3 Å². The van der Waals surface area contributed by atoms with E-state index in [0.717, 1.165) is 0 Å². The molecule has 1 aromatic heterocycles. The fraction of sp³-hybridized carbons (Fsp3) is 0.222. The van der Waals surface area contributed by atoms with Crippen LogP contribution in [-0.2, 0) is 4.79 Å². The Morgan fingerprint density at radius 3 is 2.69 bits per heavy atom. The number of nitrogens with one attached hydrogen (secondary N) is 2. The zero-order chi connectivity index (χ0) is 12.1. The zero-order valence-electron chi connectivity index (χ0n) is 8.38. The summed E-state index contributed by atoms with van der Waals surface area (Å²) in [5.41, 5.74) is -0.00179. The number of nitrogens with zero attached hydrogens (tertiary/aromatic N) is 1. The summed E-state index contributed by atoms with van der Waals surface area (Å²) in [4.78, 5) is 26.2. The predicted molar refractivity (Wildman–Crippen MR) is 60.7 cm³/mol. The van der Waals surface area contributed by atoms with Crippen LogP contribution >= 0.6 is 23.2 Å². The number of aromatic nitrogens is 1.